The third kappa shape index (κ3) is 9.10. The molecule has 0 aromatic rings. The van der Waals surface area contributed by atoms with E-state index in [-0.39, 0.29) is 41.4 Å². The SMILES string of the molecule is C=CCNC1=C2C[C@H](C)C[C@H](OC)[C@@H](O)[C@H](C)/C=C(\C)[C@H](OC(N)=O)[C@H](OC)/C=C/C=C(/C)C(=O)NC(=CC1=O)C2=O. The number of nitrogens with one attached hydrogen (secondary N) is 2. The smallest absolute Gasteiger partial charge is 0.405 e. The number of aliphatic hydroxyl groups is 1. The summed E-state index contributed by atoms with van der Waals surface area (Å²) >= 11 is 0. The largest absolute Gasteiger partial charge is 0.439 e. The maximum absolute atomic E-state index is 13.5. The Morgan fingerprint density at radius 3 is 2.50 bits per heavy atom. The molecule has 1 aliphatic heterocycles. The van der Waals surface area contributed by atoms with Crippen molar-refractivity contribution in [1.82, 2.24) is 10.6 Å². The third-order valence-electron chi connectivity index (χ3n) is 7.22. The zero-order chi connectivity index (χ0) is 31.6. The van der Waals surface area contributed by atoms with E-state index in [2.05, 4.69) is 17.2 Å². The van der Waals surface area contributed by atoms with Crippen molar-refractivity contribution >= 4 is 23.6 Å². The Bertz CT molecular complexity index is 1210. The summed E-state index contributed by atoms with van der Waals surface area (Å²) in [4.78, 5) is 51.3. The Labute approximate surface area is 247 Å². The number of methoxy groups -OCH3 is 2. The van der Waals surface area contributed by atoms with Crippen molar-refractivity contribution in [3.8, 4) is 0 Å². The number of nitrogens with two attached hydrogens (primary N) is 1. The van der Waals surface area contributed by atoms with Gasteiger partial charge in [-0.2, -0.15) is 0 Å². The molecule has 0 aromatic heterocycles. The van der Waals surface area contributed by atoms with Gasteiger partial charge in [0.1, 0.15) is 6.10 Å². The number of hydrogen-bond donors (Lipinski definition) is 4. The van der Waals surface area contributed by atoms with Crippen LogP contribution in [0.3, 0.4) is 0 Å². The summed E-state index contributed by atoms with van der Waals surface area (Å²) in [5.74, 6) is -2.14. The number of hydrogen-bond acceptors (Lipinski definition) is 9. The van der Waals surface area contributed by atoms with Crippen LogP contribution in [0, 0.1) is 11.8 Å². The molecule has 2 bridgehead atoms. The number of ketones is 2. The van der Waals surface area contributed by atoms with E-state index < -0.39 is 53.9 Å². The highest BCUT2D eigenvalue weighted by Crippen LogP contribution is 2.28. The van der Waals surface area contributed by atoms with Gasteiger partial charge in [-0.1, -0.05) is 44.2 Å². The molecule has 42 heavy (non-hydrogen) atoms. The average Bonchev–Trinajstić information content (AvgIpc) is 2.94. The number of fused-ring (bicyclic) bond motifs is 2. The van der Waals surface area contributed by atoms with Crippen LogP contribution in [-0.2, 0) is 28.6 Å². The van der Waals surface area contributed by atoms with Gasteiger partial charge in [-0.15, -0.1) is 6.58 Å². The lowest BCUT2D eigenvalue weighted by Crippen LogP contribution is -2.37. The summed E-state index contributed by atoms with van der Waals surface area (Å²) in [5.41, 5.74) is 6.42. The molecule has 230 valence electrons. The van der Waals surface area contributed by atoms with Crippen molar-refractivity contribution in [2.45, 2.75) is 65.0 Å². The molecular formula is C31H43N3O8. The van der Waals surface area contributed by atoms with Gasteiger partial charge in [-0.25, -0.2) is 4.79 Å². The highest BCUT2D eigenvalue weighted by Gasteiger charge is 2.33. The van der Waals surface area contributed by atoms with Crippen molar-refractivity contribution < 1.29 is 38.5 Å². The second kappa shape index (κ2) is 16.0. The van der Waals surface area contributed by atoms with Gasteiger partial charge < -0.3 is 35.7 Å². The standard InChI is InChI=1S/C31H43N3O8/c1-8-12-33-26-21-13-17(2)14-25(41-7)27(36)19(4)15-20(5)29(42-31(32)39)24(40-6)11-9-10-18(3)30(38)34-22(28(21)37)16-23(26)35/h8-11,15-17,19,24-25,27,29,33,36H,1,12-14H2,2-7H3,(H2,32,39)(H,34,38)/b11-9+,18-10-,20-15+/t17-,19+,24+,25-,27-,29-/m0/s1. The van der Waals surface area contributed by atoms with Crippen LogP contribution in [0.4, 0.5) is 4.79 Å². The molecule has 1 aliphatic carbocycles. The van der Waals surface area contributed by atoms with Gasteiger partial charge in [0.25, 0.3) is 5.91 Å². The fourth-order valence-electron chi connectivity index (χ4n) is 4.95. The lowest BCUT2D eigenvalue weighted by atomic mass is 9.85. The van der Waals surface area contributed by atoms with Crippen molar-refractivity contribution in [3.05, 3.63) is 71.1 Å². The Hall–Kier alpha value is -3.80. The van der Waals surface area contributed by atoms with Crippen LogP contribution in [0.5, 0.6) is 0 Å². The quantitative estimate of drug-likeness (QED) is 0.271. The third-order valence-corrected chi connectivity index (χ3v) is 7.22. The van der Waals surface area contributed by atoms with E-state index >= 15 is 0 Å². The number of ether oxygens (including phenoxy) is 3. The summed E-state index contributed by atoms with van der Waals surface area (Å²) in [5, 5.41) is 16.7. The average molecular weight is 586 g/mol. The summed E-state index contributed by atoms with van der Waals surface area (Å²) in [7, 11) is 2.92. The first-order chi connectivity index (χ1) is 19.8. The first-order valence-corrected chi connectivity index (χ1v) is 13.8. The molecule has 0 saturated heterocycles. The van der Waals surface area contributed by atoms with E-state index in [4.69, 9.17) is 19.9 Å². The second-order valence-corrected chi connectivity index (χ2v) is 10.6. The first-order valence-electron chi connectivity index (χ1n) is 13.8. The number of Topliss-reactive ketones (excluding diaryl/α,β-unsaturated/α-hetero) is 1. The van der Waals surface area contributed by atoms with Crippen LogP contribution in [0.15, 0.2) is 71.1 Å². The van der Waals surface area contributed by atoms with Gasteiger partial charge in [0, 0.05) is 43.9 Å². The van der Waals surface area contributed by atoms with Crippen molar-refractivity contribution in [3.63, 3.8) is 0 Å². The van der Waals surface area contributed by atoms with Crippen LogP contribution in [0.2, 0.25) is 0 Å². The van der Waals surface area contributed by atoms with Crippen LogP contribution in [0.25, 0.3) is 0 Å². The van der Waals surface area contributed by atoms with Crippen LogP contribution in [0.1, 0.15) is 40.5 Å². The normalized spacial score (nSPS) is 31.6. The molecule has 0 spiro atoms. The Kier molecular flexibility index (Phi) is 13.1. The molecule has 1 heterocycles. The maximum Gasteiger partial charge on any atom is 0.405 e. The van der Waals surface area contributed by atoms with E-state index in [1.807, 2.05) is 6.92 Å². The van der Waals surface area contributed by atoms with Crippen LogP contribution < -0.4 is 16.4 Å². The molecule has 0 unspecified atom stereocenters. The highest BCUT2D eigenvalue weighted by molar-refractivity contribution is 6.23. The minimum atomic E-state index is -1.00. The molecule has 0 fully saturated rings. The monoisotopic (exact) mass is 585 g/mol. The van der Waals surface area contributed by atoms with E-state index in [1.54, 1.807) is 45.1 Å². The number of rotatable bonds is 6. The molecule has 0 saturated carbocycles. The number of allylic oxidation sites excluding steroid dienone is 4. The molecule has 0 radical (unpaired) electrons. The van der Waals surface area contributed by atoms with E-state index in [1.165, 1.54) is 20.3 Å². The summed E-state index contributed by atoms with van der Waals surface area (Å²) in [6, 6.07) is 0. The van der Waals surface area contributed by atoms with Gasteiger partial charge in [-0.3, -0.25) is 14.4 Å². The number of aliphatic hydroxyl groups excluding tert-OH is 1. The van der Waals surface area contributed by atoms with Crippen molar-refractivity contribution in [2.24, 2.45) is 17.6 Å². The van der Waals surface area contributed by atoms with E-state index in [9.17, 15) is 24.3 Å². The Morgan fingerprint density at radius 2 is 1.90 bits per heavy atom. The predicted octanol–water partition coefficient (Wildman–Crippen LogP) is 2.54. The van der Waals surface area contributed by atoms with Gasteiger partial charge in [0.05, 0.1) is 23.6 Å². The lowest BCUT2D eigenvalue weighted by molar-refractivity contribution is -0.120. The summed E-state index contributed by atoms with van der Waals surface area (Å²) < 4.78 is 16.6. The molecule has 11 heteroatoms. The topological polar surface area (TPSA) is 166 Å². The fraction of sp³-hybridized carbons (Fsp3) is 0.484. The Balaban J connectivity index is 2.62. The van der Waals surface area contributed by atoms with Crippen molar-refractivity contribution in [2.75, 3.05) is 20.8 Å². The van der Waals surface area contributed by atoms with Crippen LogP contribution >= 0.6 is 0 Å². The second-order valence-electron chi connectivity index (χ2n) is 10.6. The summed E-state index contributed by atoms with van der Waals surface area (Å²) in [6.45, 7) is 10.9. The fourth-order valence-corrected chi connectivity index (χ4v) is 4.95. The number of primary amides is 1. The minimum Gasteiger partial charge on any atom is -0.439 e. The highest BCUT2D eigenvalue weighted by atomic mass is 16.6. The molecule has 5 N–H and O–H groups in total. The van der Waals surface area contributed by atoms with E-state index in [0.717, 1.165) is 6.08 Å². The minimum absolute atomic E-state index is 0.132. The predicted molar refractivity (Wildman–Crippen MR) is 158 cm³/mol. The maximum atomic E-state index is 13.5. The molecule has 0 aromatic carbocycles. The number of amides is 2. The lowest BCUT2D eigenvalue weighted by Gasteiger charge is -2.30. The molecule has 11 nitrogen and oxygen atoms in total. The van der Waals surface area contributed by atoms with E-state index in [0.29, 0.717) is 12.0 Å². The zero-order valence-electron chi connectivity index (χ0n) is 25.1. The van der Waals surface area contributed by atoms with Gasteiger partial charge in [0.2, 0.25) is 11.6 Å². The molecule has 6 atom stereocenters. The zero-order valence-corrected chi connectivity index (χ0v) is 25.1. The molecule has 2 rings (SSSR count). The van der Waals surface area contributed by atoms with Gasteiger partial charge in [0.15, 0.2) is 6.10 Å². The van der Waals surface area contributed by atoms with Crippen LogP contribution in [-0.4, -0.2) is 73.9 Å². The molecule has 2 amide bonds. The number of carbonyl (C=O) groups excluding carboxylic acids is 4. The van der Waals surface area contributed by atoms with Gasteiger partial charge in [-0.05, 0) is 38.2 Å². The molecule has 2 aliphatic rings. The van der Waals surface area contributed by atoms with Gasteiger partial charge >= 0.3 is 6.09 Å². The number of carbonyl (C=O) groups is 4. The van der Waals surface area contributed by atoms with Crippen molar-refractivity contribution in [1.29, 1.82) is 0 Å². The molecular weight excluding hydrogens is 542 g/mol. The summed E-state index contributed by atoms with van der Waals surface area (Å²) in [6.07, 6.45) is 5.34. The first kappa shape index (κ1) is 34.4. The Morgan fingerprint density at radius 1 is 1.21 bits per heavy atom.